The van der Waals surface area contributed by atoms with E-state index in [1.54, 1.807) is 9.80 Å². The van der Waals surface area contributed by atoms with Gasteiger partial charge < -0.3 is 0 Å². The molecule has 2 aliphatic rings. The lowest BCUT2D eigenvalue weighted by Gasteiger charge is -2.15. The maximum Gasteiger partial charge on any atom is 0.266 e. The molecule has 0 spiro atoms. The molecule has 0 aliphatic carbocycles. The fourth-order valence-electron chi connectivity index (χ4n) is 18.4. The van der Waals surface area contributed by atoms with Crippen molar-refractivity contribution < 1.29 is 9.59 Å². The number of nitrogens with zero attached hydrogens (tertiary/aromatic N) is 2. The first-order valence-corrected chi connectivity index (χ1v) is 63.0. The van der Waals surface area contributed by atoms with E-state index in [1.807, 2.05) is 81.9 Å². The van der Waals surface area contributed by atoms with Crippen LogP contribution < -0.4 is 0 Å². The average molecular weight is 2040 g/mol. The number of likely N-dealkylation sites (N-methyl/N-ethyl adjacent to an activating group) is 2. The van der Waals surface area contributed by atoms with Gasteiger partial charge in [-0.05, 0) is 222 Å². The molecule has 2 unspecified atom stereocenters. The molecule has 2 saturated heterocycles. The van der Waals surface area contributed by atoms with Gasteiger partial charge in [0.15, 0.2) is 0 Å². The Morgan fingerprint density at radius 3 is 0.923 bits per heavy atom. The Balaban J connectivity index is 0.961. The highest BCUT2D eigenvalue weighted by atomic mass is 32.2. The third kappa shape index (κ3) is 28.5. The van der Waals surface area contributed by atoms with Crippen LogP contribution in [-0.2, 0) is 35.3 Å². The predicted molar refractivity (Wildman–Crippen MR) is 608 cm³/mol. The molecule has 12 heterocycles. The van der Waals surface area contributed by atoms with Gasteiger partial charge in [-0.3, -0.25) is 19.4 Å². The van der Waals surface area contributed by atoms with Crippen molar-refractivity contribution in [2.75, 3.05) is 24.6 Å². The van der Waals surface area contributed by atoms with Gasteiger partial charge in [0.1, 0.15) is 8.64 Å². The van der Waals surface area contributed by atoms with Crippen molar-refractivity contribution in [2.45, 2.75) is 360 Å². The SMILES string of the molecule is CCCCCCCCc1cc(/C=C2\SC(=S)N(CC)C2=O)sc1-c1ccc(-c2sc(-c3cc4c(-c5ccc(SCC(CCCC)CCCCCC)s5)c5sc(-c6cc(CCCCCCCC)c(-c7ccc(-c8sc(/C=C9\SC(=S)N(CC)C9=O)cc8CCCCCCCC)s7)s6)cc5c(-c5ccc(SCC(CCCC)CCCCCC)s5)c4s3)cc2CCCCCCCC)s1. The van der Waals surface area contributed by atoms with Crippen LogP contribution in [0.1, 0.15) is 358 Å². The topological polar surface area (TPSA) is 40.6 Å². The zero-order valence-electron chi connectivity index (χ0n) is 79.6. The van der Waals surface area contributed by atoms with E-state index in [4.69, 9.17) is 24.4 Å². The average Bonchev–Trinajstić information content (AvgIpc) is 1.56. The smallest absolute Gasteiger partial charge is 0.266 e. The third-order valence-corrected chi connectivity index (χ3v) is 44.0. The third-order valence-electron chi connectivity index (χ3n) is 25.9. The molecule has 11 aromatic rings. The van der Waals surface area contributed by atoms with E-state index in [1.165, 1.54) is 422 Å². The molecule has 0 bridgehead atoms. The van der Waals surface area contributed by atoms with E-state index >= 15 is 0 Å². The number of hydrogen-bond acceptors (Lipinski definition) is 18. The Morgan fingerprint density at radius 2 is 0.592 bits per heavy atom. The summed E-state index contributed by atoms with van der Waals surface area (Å²) in [6, 6.07) is 35.3. The number of unbranched alkanes of at least 4 members (excludes halogenated alkanes) is 28. The van der Waals surface area contributed by atoms with E-state index in [-0.39, 0.29) is 11.8 Å². The molecule has 10 aromatic heterocycles. The predicted octanol–water partition coefficient (Wildman–Crippen LogP) is 41.7. The number of amides is 2. The van der Waals surface area contributed by atoms with Crippen molar-refractivity contribution in [1.82, 2.24) is 9.80 Å². The summed E-state index contributed by atoms with van der Waals surface area (Å²) in [6.07, 6.45) is 59.8. The van der Waals surface area contributed by atoms with Crippen LogP contribution in [0.5, 0.6) is 0 Å². The number of hydrogen-bond donors (Lipinski definition) is 0. The normalized spacial score (nSPS) is 14.5. The van der Waals surface area contributed by atoms with E-state index in [0.29, 0.717) is 21.7 Å². The van der Waals surface area contributed by atoms with Crippen molar-refractivity contribution in [2.24, 2.45) is 11.8 Å². The second-order valence-electron chi connectivity index (χ2n) is 36.2. The molecule has 1 aromatic carbocycles. The molecule has 0 N–H and O–H groups in total. The summed E-state index contributed by atoms with van der Waals surface area (Å²) >= 11 is 38.7. The van der Waals surface area contributed by atoms with Crippen LogP contribution >= 0.6 is 185 Å². The molecule has 13 rings (SSSR count). The summed E-state index contributed by atoms with van der Waals surface area (Å²) < 4.78 is 7.06. The number of carbonyl (C=O) groups excluding carboxylic acids is 2. The largest absolute Gasteiger partial charge is 0.293 e. The Bertz CT molecular complexity index is 5060. The van der Waals surface area contributed by atoms with Gasteiger partial charge in [-0.1, -0.05) is 309 Å². The summed E-state index contributed by atoms with van der Waals surface area (Å²) in [6.45, 7) is 24.0. The first-order chi connectivity index (χ1) is 63.7. The second kappa shape index (κ2) is 54.9. The summed E-state index contributed by atoms with van der Waals surface area (Å²) in [4.78, 5) is 54.0. The van der Waals surface area contributed by atoms with Crippen LogP contribution in [0.2, 0.25) is 0 Å². The number of aryl methyl sites for hydroxylation is 4. The van der Waals surface area contributed by atoms with Crippen LogP contribution in [-0.4, -0.2) is 54.9 Å². The maximum atomic E-state index is 13.7. The van der Waals surface area contributed by atoms with Crippen molar-refractivity contribution >= 4 is 238 Å². The first kappa shape index (κ1) is 104. The van der Waals surface area contributed by atoms with E-state index in [9.17, 15) is 9.59 Å². The summed E-state index contributed by atoms with van der Waals surface area (Å²) in [7, 11) is 0. The van der Waals surface area contributed by atoms with Crippen molar-refractivity contribution in [3.05, 3.63) is 127 Å². The van der Waals surface area contributed by atoms with E-state index in [2.05, 4.69) is 221 Å². The minimum Gasteiger partial charge on any atom is -0.293 e. The molecule has 20 heteroatoms. The van der Waals surface area contributed by atoms with Crippen LogP contribution in [0.15, 0.2) is 103 Å². The molecule has 2 fully saturated rings. The van der Waals surface area contributed by atoms with Gasteiger partial charge in [0, 0.05) is 134 Å². The lowest BCUT2D eigenvalue weighted by molar-refractivity contribution is -0.122. The Labute approximate surface area is 850 Å². The summed E-state index contributed by atoms with van der Waals surface area (Å²) in [5.41, 5.74) is 8.65. The number of thioether (sulfide) groups is 4. The van der Waals surface area contributed by atoms with Crippen LogP contribution in [0.25, 0.3) is 112 Å². The van der Waals surface area contributed by atoms with Gasteiger partial charge >= 0.3 is 0 Å². The molecule has 2 amide bonds. The number of thiocarbonyl (C=S) groups is 2. The number of rotatable bonds is 62. The molecule has 4 nitrogen and oxygen atoms in total. The highest BCUT2D eigenvalue weighted by molar-refractivity contribution is 8.27. The summed E-state index contributed by atoms with van der Waals surface area (Å²) in [5.74, 6) is 3.90. The quantitative estimate of drug-likeness (QED) is 0.0162. The van der Waals surface area contributed by atoms with Gasteiger partial charge in [0.25, 0.3) is 11.8 Å². The zero-order chi connectivity index (χ0) is 91.1. The maximum absolute atomic E-state index is 13.7. The van der Waals surface area contributed by atoms with Gasteiger partial charge in [-0.25, -0.2) is 0 Å². The summed E-state index contributed by atoms with van der Waals surface area (Å²) in [5, 5.41) is 2.81. The van der Waals surface area contributed by atoms with Crippen molar-refractivity contribution in [3.63, 3.8) is 0 Å². The minimum absolute atomic E-state index is 0.0336. The number of benzene rings is 1. The van der Waals surface area contributed by atoms with Crippen LogP contribution in [0.4, 0.5) is 0 Å². The highest BCUT2D eigenvalue weighted by Crippen LogP contribution is 2.59. The molecule has 2 atom stereocenters. The van der Waals surface area contributed by atoms with Crippen LogP contribution in [0.3, 0.4) is 0 Å². The molecule has 702 valence electrons. The van der Waals surface area contributed by atoms with Crippen LogP contribution in [0, 0.1) is 11.8 Å². The fraction of sp³-hybridized carbons (Fsp3) is 0.545. The molecular formula is C110H144N2O2S16. The van der Waals surface area contributed by atoms with E-state index in [0.717, 1.165) is 57.1 Å². The first-order valence-electron chi connectivity index (χ1n) is 50.4. The monoisotopic (exact) mass is 2040 g/mol. The Kier molecular flexibility index (Phi) is 44.0. The number of thiophene rings is 10. The van der Waals surface area contributed by atoms with Crippen molar-refractivity contribution in [3.8, 4) is 79.4 Å². The molecule has 2 aliphatic heterocycles. The highest BCUT2D eigenvalue weighted by Gasteiger charge is 2.34. The van der Waals surface area contributed by atoms with Gasteiger partial charge in [-0.15, -0.1) is 137 Å². The Hall–Kier alpha value is -3.26. The van der Waals surface area contributed by atoms with Gasteiger partial charge in [0.05, 0.1) is 18.2 Å². The van der Waals surface area contributed by atoms with Gasteiger partial charge in [-0.2, -0.15) is 0 Å². The van der Waals surface area contributed by atoms with Gasteiger partial charge in [0.2, 0.25) is 0 Å². The lowest BCUT2D eigenvalue weighted by atomic mass is 9.97. The standard InChI is InChI=1S/C110H144N2O2S16/c1-11-21-29-35-39-45-53-77-65-81(69-95-107(113)111(19-9)109(115)129-95)119-101(77)87-57-59-89(121-87)103-79(55-47-41-37-31-23-13-3)67-91(125-103)93-71-83-99(85-61-63-97(123-85)117-73-75(49-27-17-7)51-43-33-25-15-5)106-84(100(105(83)127-93)86-62-64-98(124-86)118-74-76(50-28-18-8)52-44-34-26-16-6)72-94(128-106)92-68-80(56-48-42-38-32-24-14-4)104(126-92)90-60-58-88(122-90)102-78(54-46-40-36-30-22-12-2)66-82(120-102)70-96-108(114)112(20-10)110(116)130-96/h57-72,75-76H,11-56,73-74H2,1-10H3/b95-69-,96-70-. The molecular weight excluding hydrogens is 1890 g/mol. The number of carbonyl (C=O) groups is 2. The Morgan fingerprint density at radius 1 is 0.300 bits per heavy atom. The molecule has 0 saturated carbocycles. The number of fused-ring (bicyclic) bond motifs is 2. The second-order valence-corrected chi connectivity index (χ2v) is 52.9. The molecule has 0 radical (unpaired) electrons. The molecule has 130 heavy (non-hydrogen) atoms. The minimum atomic E-state index is 0.0336. The zero-order valence-corrected chi connectivity index (χ0v) is 92.6. The fourth-order valence-corrected chi connectivity index (χ4v) is 36.2. The lowest BCUT2D eigenvalue weighted by Crippen LogP contribution is -2.27. The van der Waals surface area contributed by atoms with E-state index < -0.39 is 0 Å². The van der Waals surface area contributed by atoms with Crippen molar-refractivity contribution in [1.29, 1.82) is 0 Å².